The van der Waals surface area contributed by atoms with Crippen LogP contribution in [0.25, 0.3) is 0 Å². The minimum absolute atomic E-state index is 0.00172. The zero-order valence-corrected chi connectivity index (χ0v) is 23.4. The molecule has 3 heterocycles. The number of nitrogens with one attached hydrogen (secondary N) is 2. The maximum absolute atomic E-state index is 13.0. The van der Waals surface area contributed by atoms with E-state index < -0.39 is 11.9 Å². The molecule has 0 aromatic heterocycles. The number of piperidine rings is 1. The molecular weight excluding hydrogens is 528 g/mol. The monoisotopic (exact) mass is 564 g/mol. The van der Waals surface area contributed by atoms with Crippen molar-refractivity contribution in [3.05, 3.63) is 53.1 Å². The number of hydrogen-bond donors (Lipinski definition) is 2. The first-order valence-electron chi connectivity index (χ1n) is 14.0. The van der Waals surface area contributed by atoms with E-state index in [0.29, 0.717) is 55.4 Å². The summed E-state index contributed by atoms with van der Waals surface area (Å²) in [6.07, 6.45) is 3.00. The van der Waals surface area contributed by atoms with Crippen LogP contribution in [0.3, 0.4) is 0 Å². The summed E-state index contributed by atoms with van der Waals surface area (Å²) >= 11 is 0. The fraction of sp³-hybridized carbons (Fsp3) is 0.467. The van der Waals surface area contributed by atoms with Crippen LogP contribution in [-0.2, 0) is 27.5 Å². The van der Waals surface area contributed by atoms with Crippen molar-refractivity contribution >= 4 is 23.6 Å². The van der Waals surface area contributed by atoms with Gasteiger partial charge in [-0.15, -0.1) is 0 Å². The van der Waals surface area contributed by atoms with Gasteiger partial charge in [0.2, 0.25) is 17.7 Å². The Hall–Kier alpha value is -4.12. The largest absolute Gasteiger partial charge is 0.497 e. The number of methoxy groups -OCH3 is 2. The zero-order valence-electron chi connectivity index (χ0n) is 23.4. The molecule has 2 atom stereocenters. The molecule has 41 heavy (non-hydrogen) atoms. The summed E-state index contributed by atoms with van der Waals surface area (Å²) in [5.74, 6) is 1.000. The van der Waals surface area contributed by atoms with Crippen LogP contribution in [0, 0.1) is 0 Å². The lowest BCUT2D eigenvalue weighted by molar-refractivity contribution is -0.137. The van der Waals surface area contributed by atoms with Gasteiger partial charge < -0.3 is 24.4 Å². The van der Waals surface area contributed by atoms with Crippen molar-refractivity contribution in [3.63, 3.8) is 0 Å². The number of rotatable bonds is 11. The highest BCUT2D eigenvalue weighted by molar-refractivity contribution is 6.05. The number of fused-ring (bicyclic) bond motifs is 1. The minimum Gasteiger partial charge on any atom is -0.497 e. The quantitative estimate of drug-likeness (QED) is 0.314. The van der Waals surface area contributed by atoms with Crippen molar-refractivity contribution in [1.29, 1.82) is 0 Å². The van der Waals surface area contributed by atoms with E-state index in [1.165, 1.54) is 4.90 Å². The third kappa shape index (κ3) is 6.30. The first-order valence-corrected chi connectivity index (χ1v) is 14.0. The first kappa shape index (κ1) is 28.4. The van der Waals surface area contributed by atoms with Crippen LogP contribution >= 0.6 is 0 Å². The number of nitrogens with zero attached hydrogens (tertiary/aromatic N) is 2. The Morgan fingerprint density at radius 3 is 2.59 bits per heavy atom. The number of likely N-dealkylation sites (tertiary alicyclic amines) is 1. The fourth-order valence-electron chi connectivity index (χ4n) is 5.81. The molecule has 2 fully saturated rings. The van der Waals surface area contributed by atoms with E-state index >= 15 is 0 Å². The molecule has 2 aromatic carbocycles. The third-order valence-electron chi connectivity index (χ3n) is 7.93. The number of imide groups is 1. The van der Waals surface area contributed by atoms with Gasteiger partial charge in [-0.2, -0.15) is 0 Å². The van der Waals surface area contributed by atoms with E-state index in [9.17, 15) is 19.2 Å². The van der Waals surface area contributed by atoms with Gasteiger partial charge in [-0.25, -0.2) is 0 Å². The van der Waals surface area contributed by atoms with E-state index in [-0.39, 0.29) is 36.7 Å². The minimum atomic E-state index is -0.662. The molecule has 2 N–H and O–H groups in total. The van der Waals surface area contributed by atoms with E-state index in [0.717, 1.165) is 30.5 Å². The second-order valence-corrected chi connectivity index (χ2v) is 10.5. The average Bonchev–Trinajstić information content (AvgIpc) is 3.58. The van der Waals surface area contributed by atoms with Crippen LogP contribution in [-0.4, -0.2) is 79.4 Å². The van der Waals surface area contributed by atoms with Gasteiger partial charge in [-0.05, 0) is 62.1 Å². The van der Waals surface area contributed by atoms with Crippen LogP contribution in [0.15, 0.2) is 36.4 Å². The van der Waals surface area contributed by atoms with Crippen molar-refractivity contribution in [2.24, 2.45) is 0 Å². The summed E-state index contributed by atoms with van der Waals surface area (Å²) in [5, 5.41) is 5.38. The lowest BCUT2D eigenvalue weighted by Gasteiger charge is -2.29. The van der Waals surface area contributed by atoms with Crippen molar-refractivity contribution in [2.75, 3.05) is 33.9 Å². The summed E-state index contributed by atoms with van der Waals surface area (Å²) in [4.78, 5) is 53.7. The Labute approximate surface area is 239 Å². The highest BCUT2D eigenvalue weighted by Crippen LogP contribution is 2.33. The van der Waals surface area contributed by atoms with E-state index in [2.05, 4.69) is 15.5 Å². The van der Waals surface area contributed by atoms with E-state index in [4.69, 9.17) is 14.2 Å². The fourth-order valence-corrected chi connectivity index (χ4v) is 5.81. The van der Waals surface area contributed by atoms with Crippen molar-refractivity contribution in [3.8, 4) is 17.2 Å². The zero-order chi connectivity index (χ0) is 28.9. The lowest BCUT2D eigenvalue weighted by atomic mass is 10.0. The molecule has 0 spiro atoms. The van der Waals surface area contributed by atoms with Gasteiger partial charge in [0, 0.05) is 36.7 Å². The van der Waals surface area contributed by atoms with Gasteiger partial charge in [0.25, 0.3) is 5.91 Å². The molecule has 0 aliphatic carbocycles. The SMILES string of the molecule is COc1cc(CNC(=O)[C@@H]2CCCN2CCCOc2cccc3c2CN(C2CCC(=O)NC2=O)C3=O)cc(OC)c1. The first-order chi connectivity index (χ1) is 19.9. The number of benzene rings is 2. The lowest BCUT2D eigenvalue weighted by Crippen LogP contribution is -2.52. The Balaban J connectivity index is 1.12. The molecule has 218 valence electrons. The topological polar surface area (TPSA) is 127 Å². The van der Waals surface area contributed by atoms with Gasteiger partial charge in [0.15, 0.2) is 0 Å². The third-order valence-corrected chi connectivity index (χ3v) is 7.93. The van der Waals surface area contributed by atoms with E-state index in [1.54, 1.807) is 32.4 Å². The average molecular weight is 565 g/mol. The molecule has 3 aliphatic rings. The summed E-state index contributed by atoms with van der Waals surface area (Å²) in [6, 6.07) is 10.1. The predicted molar refractivity (Wildman–Crippen MR) is 149 cm³/mol. The summed E-state index contributed by atoms with van der Waals surface area (Å²) in [7, 11) is 3.19. The molecule has 11 nitrogen and oxygen atoms in total. The molecule has 5 rings (SSSR count). The summed E-state index contributed by atoms with van der Waals surface area (Å²) in [6.45, 7) is 2.64. The second-order valence-electron chi connectivity index (χ2n) is 10.5. The Morgan fingerprint density at radius 1 is 1.07 bits per heavy atom. The molecular formula is C30H36N4O7. The maximum Gasteiger partial charge on any atom is 0.255 e. The van der Waals surface area contributed by atoms with Crippen molar-refractivity contribution in [1.82, 2.24) is 20.4 Å². The Morgan fingerprint density at radius 2 is 1.85 bits per heavy atom. The molecule has 2 saturated heterocycles. The number of hydrogen-bond acceptors (Lipinski definition) is 8. The van der Waals surface area contributed by atoms with Crippen molar-refractivity contribution in [2.45, 2.75) is 57.3 Å². The number of carbonyl (C=O) groups is 4. The number of amides is 4. The smallest absolute Gasteiger partial charge is 0.255 e. The van der Waals surface area contributed by atoms with Gasteiger partial charge >= 0.3 is 0 Å². The molecule has 1 unspecified atom stereocenters. The van der Waals surface area contributed by atoms with Gasteiger partial charge in [0.1, 0.15) is 23.3 Å². The number of carbonyl (C=O) groups excluding carboxylic acids is 4. The molecule has 2 aromatic rings. The highest BCUT2D eigenvalue weighted by atomic mass is 16.5. The van der Waals surface area contributed by atoms with E-state index in [1.807, 2.05) is 18.2 Å². The molecule has 0 saturated carbocycles. The van der Waals surface area contributed by atoms with Crippen LogP contribution in [0.1, 0.15) is 53.6 Å². The van der Waals surface area contributed by atoms with Crippen molar-refractivity contribution < 1.29 is 33.4 Å². The van der Waals surface area contributed by atoms with Crippen LogP contribution in [0.2, 0.25) is 0 Å². The Kier molecular flexibility index (Phi) is 8.72. The van der Waals surface area contributed by atoms with Crippen LogP contribution in [0.5, 0.6) is 17.2 Å². The van der Waals surface area contributed by atoms with Gasteiger partial charge in [-0.1, -0.05) is 6.07 Å². The van der Waals surface area contributed by atoms with Gasteiger partial charge in [0.05, 0.1) is 33.4 Å². The van der Waals surface area contributed by atoms with Crippen LogP contribution in [0.4, 0.5) is 0 Å². The molecule has 0 radical (unpaired) electrons. The standard InChI is InChI=1S/C30H36N4O7/c1-39-20-14-19(15-21(16-20)40-2)17-31-28(36)24-7-4-11-33(24)12-5-13-41-26-8-3-6-22-23(26)18-34(30(22)38)25-9-10-27(35)32-29(25)37/h3,6,8,14-16,24-25H,4-5,7,9-13,17-18H2,1-2H3,(H,31,36)(H,32,35,37)/t24-,25?/m0/s1. The van der Waals surface area contributed by atoms with Gasteiger partial charge in [-0.3, -0.25) is 29.4 Å². The maximum atomic E-state index is 13.0. The molecule has 4 amide bonds. The Bertz CT molecular complexity index is 1310. The normalized spacial score (nSPS) is 20.5. The summed E-state index contributed by atoms with van der Waals surface area (Å²) in [5.41, 5.74) is 2.18. The molecule has 11 heteroatoms. The van der Waals surface area contributed by atoms with Crippen LogP contribution < -0.4 is 24.8 Å². The number of ether oxygens (including phenoxy) is 3. The predicted octanol–water partition coefficient (Wildman–Crippen LogP) is 2.01. The molecule has 0 bridgehead atoms. The second kappa shape index (κ2) is 12.6. The highest BCUT2D eigenvalue weighted by Gasteiger charge is 2.40. The molecule has 3 aliphatic heterocycles. The summed E-state index contributed by atoms with van der Waals surface area (Å²) < 4.78 is 16.7.